The molecule has 3 aromatic rings. The number of aliphatic hydroxyl groups excluding tert-OH is 1. The van der Waals surface area contributed by atoms with E-state index in [0.29, 0.717) is 5.69 Å². The van der Waals surface area contributed by atoms with Crippen molar-refractivity contribution in [2.75, 3.05) is 11.9 Å². The van der Waals surface area contributed by atoms with Crippen LogP contribution >= 0.6 is 0 Å². The van der Waals surface area contributed by atoms with Gasteiger partial charge in [0, 0.05) is 26.3 Å². The van der Waals surface area contributed by atoms with Gasteiger partial charge >= 0.3 is 5.69 Å². The van der Waals surface area contributed by atoms with E-state index in [1.165, 1.54) is 41.7 Å². The molecule has 0 aliphatic carbocycles. The number of nitrogens with one attached hydrogen (secondary N) is 1. The number of fused-ring (bicyclic) bond motifs is 1. The Morgan fingerprint density at radius 3 is 2.56 bits per heavy atom. The Labute approximate surface area is 141 Å². The molecule has 0 amide bonds. The Balaban J connectivity index is 1.80. The number of imidazole rings is 1. The van der Waals surface area contributed by atoms with Crippen LogP contribution < -0.4 is 16.6 Å². The number of rotatable bonds is 5. The van der Waals surface area contributed by atoms with E-state index in [2.05, 4.69) is 10.3 Å². The van der Waals surface area contributed by atoms with Gasteiger partial charge in [-0.25, -0.2) is 14.2 Å². The van der Waals surface area contributed by atoms with Crippen LogP contribution in [0.25, 0.3) is 11.2 Å². The number of anilines is 1. The quantitative estimate of drug-likeness (QED) is 0.680. The summed E-state index contributed by atoms with van der Waals surface area (Å²) in [5.41, 5.74) is 0.280. The summed E-state index contributed by atoms with van der Waals surface area (Å²) in [6, 6.07) is 5.78. The molecular weight excluding hydrogens is 329 g/mol. The van der Waals surface area contributed by atoms with Crippen molar-refractivity contribution in [2.45, 2.75) is 12.6 Å². The van der Waals surface area contributed by atoms with Gasteiger partial charge in [0.05, 0.1) is 19.0 Å². The minimum atomic E-state index is -0.815. The number of nitrogens with zero attached hydrogens (tertiary/aromatic N) is 4. The lowest BCUT2D eigenvalue weighted by Gasteiger charge is -2.14. The summed E-state index contributed by atoms with van der Waals surface area (Å²) >= 11 is 0. The summed E-state index contributed by atoms with van der Waals surface area (Å²) in [5, 5.41) is 13.2. The van der Waals surface area contributed by atoms with E-state index in [9.17, 15) is 19.1 Å². The Kier molecular flexibility index (Phi) is 4.41. The van der Waals surface area contributed by atoms with E-state index in [1.807, 2.05) is 0 Å². The molecule has 2 heterocycles. The van der Waals surface area contributed by atoms with Gasteiger partial charge in [0.25, 0.3) is 5.56 Å². The Bertz CT molecular complexity index is 1020. The van der Waals surface area contributed by atoms with Crippen LogP contribution in [0.1, 0.15) is 0 Å². The number of hydrogen-bond donors (Lipinski definition) is 2. The second kappa shape index (κ2) is 6.52. The standard InChI is InChI=1S/C16H18FN5O3/c1-20-14-13(15(24)21(2)16(20)25)22(9-19-14)8-12(23)7-18-11-5-3-10(17)4-6-11/h3-6,9,12,18,23H,7-8H2,1-2H3/t12-/m0/s1. The average molecular weight is 347 g/mol. The minimum absolute atomic E-state index is 0.123. The SMILES string of the molecule is Cn1c(=O)c2c(ncn2C[C@@H](O)CNc2ccc(F)cc2)n(C)c1=O. The van der Waals surface area contributed by atoms with Gasteiger partial charge in [-0.3, -0.25) is 13.9 Å². The Morgan fingerprint density at radius 2 is 1.88 bits per heavy atom. The fourth-order valence-electron chi connectivity index (χ4n) is 2.63. The van der Waals surface area contributed by atoms with Crippen molar-refractivity contribution < 1.29 is 9.50 Å². The van der Waals surface area contributed by atoms with Crippen molar-refractivity contribution in [3.05, 3.63) is 57.2 Å². The third kappa shape index (κ3) is 3.18. The van der Waals surface area contributed by atoms with Crippen LogP contribution in [0.2, 0.25) is 0 Å². The zero-order chi connectivity index (χ0) is 18.1. The molecular formula is C16H18FN5O3. The lowest BCUT2D eigenvalue weighted by Crippen LogP contribution is -2.38. The normalized spacial score (nSPS) is 12.5. The summed E-state index contributed by atoms with van der Waals surface area (Å²) in [6.45, 7) is 0.329. The van der Waals surface area contributed by atoms with Crippen molar-refractivity contribution >= 4 is 16.9 Å². The highest BCUT2D eigenvalue weighted by molar-refractivity contribution is 5.69. The molecule has 132 valence electrons. The van der Waals surface area contributed by atoms with Crippen molar-refractivity contribution in [1.82, 2.24) is 18.7 Å². The fourth-order valence-corrected chi connectivity index (χ4v) is 2.63. The number of aliphatic hydroxyl groups is 1. The molecule has 1 atom stereocenters. The molecule has 0 aliphatic rings. The van der Waals surface area contributed by atoms with E-state index in [4.69, 9.17) is 0 Å². The van der Waals surface area contributed by atoms with Crippen LogP contribution in [0.5, 0.6) is 0 Å². The van der Waals surface area contributed by atoms with Gasteiger partial charge in [-0.15, -0.1) is 0 Å². The molecule has 0 saturated heterocycles. The predicted octanol–water partition coefficient (Wildman–Crippen LogP) is 0.0458. The number of hydrogen-bond acceptors (Lipinski definition) is 5. The van der Waals surface area contributed by atoms with Crippen molar-refractivity contribution in [3.63, 3.8) is 0 Å². The Hall–Kier alpha value is -2.94. The highest BCUT2D eigenvalue weighted by Gasteiger charge is 2.16. The smallest absolute Gasteiger partial charge is 0.332 e. The average Bonchev–Trinajstić information content (AvgIpc) is 3.01. The zero-order valence-electron chi connectivity index (χ0n) is 13.8. The van der Waals surface area contributed by atoms with Gasteiger partial charge in [0.1, 0.15) is 5.82 Å². The first kappa shape index (κ1) is 16.9. The number of benzene rings is 1. The van der Waals surface area contributed by atoms with Gasteiger partial charge in [0.15, 0.2) is 11.2 Å². The molecule has 3 rings (SSSR count). The number of aromatic nitrogens is 4. The second-order valence-electron chi connectivity index (χ2n) is 5.82. The molecule has 25 heavy (non-hydrogen) atoms. The molecule has 0 saturated carbocycles. The molecule has 0 bridgehead atoms. The van der Waals surface area contributed by atoms with E-state index in [1.54, 1.807) is 12.1 Å². The number of halogens is 1. The van der Waals surface area contributed by atoms with Gasteiger partial charge in [-0.05, 0) is 24.3 Å². The molecule has 1 aromatic carbocycles. The van der Waals surface area contributed by atoms with Crippen LogP contribution in [0, 0.1) is 5.82 Å². The van der Waals surface area contributed by atoms with E-state index in [-0.39, 0.29) is 30.1 Å². The molecule has 2 aromatic heterocycles. The van der Waals surface area contributed by atoms with Gasteiger partial charge in [-0.1, -0.05) is 0 Å². The third-order valence-corrected chi connectivity index (χ3v) is 4.01. The predicted molar refractivity (Wildman–Crippen MR) is 91.1 cm³/mol. The van der Waals surface area contributed by atoms with Gasteiger partial charge < -0.3 is 15.0 Å². The molecule has 0 spiro atoms. The van der Waals surface area contributed by atoms with E-state index in [0.717, 1.165) is 4.57 Å². The van der Waals surface area contributed by atoms with Crippen LogP contribution in [-0.2, 0) is 20.6 Å². The van der Waals surface area contributed by atoms with E-state index < -0.39 is 17.4 Å². The van der Waals surface area contributed by atoms with Crippen LogP contribution in [0.3, 0.4) is 0 Å². The zero-order valence-corrected chi connectivity index (χ0v) is 13.8. The summed E-state index contributed by atoms with van der Waals surface area (Å²) in [7, 11) is 2.93. The van der Waals surface area contributed by atoms with Crippen LogP contribution in [-0.4, -0.2) is 36.4 Å². The molecule has 0 fully saturated rings. The number of aryl methyl sites for hydroxylation is 1. The van der Waals surface area contributed by atoms with Crippen molar-refractivity contribution in [3.8, 4) is 0 Å². The van der Waals surface area contributed by atoms with Crippen LogP contribution in [0.15, 0.2) is 40.2 Å². The monoisotopic (exact) mass is 347 g/mol. The lowest BCUT2D eigenvalue weighted by atomic mass is 10.3. The summed E-state index contributed by atoms with van der Waals surface area (Å²) in [5.74, 6) is -0.336. The molecule has 0 unspecified atom stereocenters. The van der Waals surface area contributed by atoms with Crippen LogP contribution in [0.4, 0.5) is 10.1 Å². The van der Waals surface area contributed by atoms with Gasteiger partial charge in [-0.2, -0.15) is 0 Å². The lowest BCUT2D eigenvalue weighted by molar-refractivity contribution is 0.168. The molecule has 8 nitrogen and oxygen atoms in total. The maximum Gasteiger partial charge on any atom is 0.332 e. The topological polar surface area (TPSA) is 94.1 Å². The highest BCUT2D eigenvalue weighted by Crippen LogP contribution is 2.10. The minimum Gasteiger partial charge on any atom is -0.389 e. The largest absolute Gasteiger partial charge is 0.389 e. The molecule has 9 heteroatoms. The van der Waals surface area contributed by atoms with Gasteiger partial charge in [0.2, 0.25) is 0 Å². The fraction of sp³-hybridized carbons (Fsp3) is 0.312. The first-order valence-electron chi connectivity index (χ1n) is 7.67. The summed E-state index contributed by atoms with van der Waals surface area (Å²) in [4.78, 5) is 28.3. The molecule has 0 radical (unpaired) electrons. The summed E-state index contributed by atoms with van der Waals surface area (Å²) in [6.07, 6.45) is 0.608. The van der Waals surface area contributed by atoms with Crippen molar-refractivity contribution in [2.24, 2.45) is 14.1 Å². The molecule has 0 aliphatic heterocycles. The first-order valence-corrected chi connectivity index (χ1v) is 7.67. The van der Waals surface area contributed by atoms with Crippen molar-refractivity contribution in [1.29, 1.82) is 0 Å². The second-order valence-corrected chi connectivity index (χ2v) is 5.82. The Morgan fingerprint density at radius 1 is 1.20 bits per heavy atom. The summed E-state index contributed by atoms with van der Waals surface area (Å²) < 4.78 is 16.7. The molecule has 2 N–H and O–H groups in total. The third-order valence-electron chi connectivity index (χ3n) is 4.01. The van der Waals surface area contributed by atoms with E-state index >= 15 is 0 Å². The highest BCUT2D eigenvalue weighted by atomic mass is 19.1. The first-order chi connectivity index (χ1) is 11.9. The maximum atomic E-state index is 12.9. The maximum absolute atomic E-state index is 12.9.